The molecule has 164 valence electrons. The molecule has 0 N–H and O–H groups in total. The van der Waals surface area contributed by atoms with Crippen LogP contribution in [-0.4, -0.2) is 52.5 Å². The Morgan fingerprint density at radius 2 is 1.60 bits per heavy atom. The summed E-state index contributed by atoms with van der Waals surface area (Å²) in [7, 11) is 5.32. The molecule has 0 saturated carbocycles. The Kier molecular flexibility index (Phi) is 8.00. The zero-order chi connectivity index (χ0) is 22.3. The molecule has 0 aromatic heterocycles. The lowest BCUT2D eigenvalue weighted by atomic mass is 9.68. The summed E-state index contributed by atoms with van der Waals surface area (Å²) in [4.78, 5) is 37.3. The molecule has 0 heterocycles. The van der Waals surface area contributed by atoms with Crippen LogP contribution in [0, 0.1) is 5.41 Å². The quantitative estimate of drug-likeness (QED) is 0.468. The number of rotatable bonds is 8. The van der Waals surface area contributed by atoms with E-state index in [4.69, 9.17) is 23.7 Å². The van der Waals surface area contributed by atoms with Gasteiger partial charge in [-0.1, -0.05) is 19.1 Å². The molecule has 1 aliphatic rings. The normalized spacial score (nSPS) is 21.0. The van der Waals surface area contributed by atoms with E-state index in [1.54, 1.807) is 14.0 Å². The average Bonchev–Trinajstić information content (AvgIpc) is 2.76. The molecule has 0 amide bonds. The number of carbonyl (C=O) groups is 3. The monoisotopic (exact) mass is 420 g/mol. The second-order valence-corrected chi connectivity index (χ2v) is 7.27. The van der Waals surface area contributed by atoms with Crippen LogP contribution in [0.25, 0.3) is 0 Å². The van der Waals surface area contributed by atoms with Gasteiger partial charge in [0.2, 0.25) is 0 Å². The highest BCUT2D eigenvalue weighted by atomic mass is 16.5. The zero-order valence-corrected chi connectivity index (χ0v) is 18.0. The first-order chi connectivity index (χ1) is 14.3. The number of hydrogen-bond donors (Lipinski definition) is 0. The van der Waals surface area contributed by atoms with Crippen LogP contribution < -0.4 is 4.74 Å². The Morgan fingerprint density at radius 3 is 2.13 bits per heavy atom. The van der Waals surface area contributed by atoms with Crippen molar-refractivity contribution in [2.45, 2.75) is 38.9 Å². The van der Waals surface area contributed by atoms with E-state index in [1.807, 2.05) is 24.3 Å². The Morgan fingerprint density at radius 1 is 0.967 bits per heavy atom. The van der Waals surface area contributed by atoms with Crippen LogP contribution in [-0.2, 0) is 39.9 Å². The van der Waals surface area contributed by atoms with E-state index in [-0.39, 0.29) is 24.2 Å². The van der Waals surface area contributed by atoms with Crippen LogP contribution in [0.2, 0.25) is 0 Å². The van der Waals surface area contributed by atoms with Gasteiger partial charge >= 0.3 is 17.9 Å². The molecule has 8 heteroatoms. The molecule has 2 atom stereocenters. The van der Waals surface area contributed by atoms with Gasteiger partial charge in [-0.25, -0.2) is 9.59 Å². The second kappa shape index (κ2) is 10.2. The molecular formula is C22H28O8. The van der Waals surface area contributed by atoms with Crippen LogP contribution in [0.5, 0.6) is 5.75 Å². The molecule has 1 aliphatic carbocycles. The predicted molar refractivity (Wildman–Crippen MR) is 107 cm³/mol. The summed E-state index contributed by atoms with van der Waals surface area (Å²) in [5.74, 6) is -1.15. The zero-order valence-electron chi connectivity index (χ0n) is 18.0. The molecule has 0 aliphatic heterocycles. The van der Waals surface area contributed by atoms with Gasteiger partial charge in [0, 0.05) is 5.41 Å². The minimum Gasteiger partial charge on any atom is -0.497 e. The highest BCUT2D eigenvalue weighted by Gasteiger charge is 2.46. The molecule has 30 heavy (non-hydrogen) atoms. The van der Waals surface area contributed by atoms with Crippen LogP contribution >= 0.6 is 0 Å². The molecule has 0 fully saturated rings. The third kappa shape index (κ3) is 5.18. The molecular weight excluding hydrogens is 392 g/mol. The van der Waals surface area contributed by atoms with Crippen molar-refractivity contribution in [2.24, 2.45) is 5.41 Å². The first-order valence-corrected chi connectivity index (χ1v) is 9.52. The average molecular weight is 420 g/mol. The maximum atomic E-state index is 12.7. The van der Waals surface area contributed by atoms with E-state index >= 15 is 0 Å². The van der Waals surface area contributed by atoms with Crippen molar-refractivity contribution in [3.05, 3.63) is 41.0 Å². The van der Waals surface area contributed by atoms with Gasteiger partial charge in [-0.3, -0.25) is 4.79 Å². The highest BCUT2D eigenvalue weighted by molar-refractivity contribution is 6.02. The van der Waals surface area contributed by atoms with E-state index in [0.29, 0.717) is 12.8 Å². The van der Waals surface area contributed by atoms with Crippen molar-refractivity contribution in [1.82, 2.24) is 0 Å². The maximum absolute atomic E-state index is 12.7. The minimum absolute atomic E-state index is 0.0698. The Bertz CT molecular complexity index is 811. The standard InChI is InChI=1S/C22H28O8/c1-22(12-17(23)27-3)11-10-16(18(20(24)28-4)19(22)21(25)29-5)30-13-14-6-8-15(26-2)9-7-14/h6-9,16H,10-13H2,1-5H3/t16-,22-/m0/s1. The van der Waals surface area contributed by atoms with Gasteiger partial charge in [-0.15, -0.1) is 0 Å². The van der Waals surface area contributed by atoms with E-state index < -0.39 is 29.4 Å². The third-order valence-corrected chi connectivity index (χ3v) is 5.32. The number of carbonyl (C=O) groups excluding carboxylic acids is 3. The van der Waals surface area contributed by atoms with Crippen LogP contribution in [0.1, 0.15) is 31.7 Å². The maximum Gasteiger partial charge on any atom is 0.336 e. The van der Waals surface area contributed by atoms with Crippen molar-refractivity contribution in [2.75, 3.05) is 28.4 Å². The molecule has 2 rings (SSSR count). The summed E-state index contributed by atoms with van der Waals surface area (Å²) < 4.78 is 25.8. The fourth-order valence-electron chi connectivity index (χ4n) is 3.66. The predicted octanol–water partition coefficient (Wildman–Crippen LogP) is 2.59. The summed E-state index contributed by atoms with van der Waals surface area (Å²) in [5.41, 5.74) is 0.107. The summed E-state index contributed by atoms with van der Waals surface area (Å²) >= 11 is 0. The SMILES string of the molecule is COC(=O)C[C@]1(C)CC[C@H](OCc2ccc(OC)cc2)C(C(=O)OC)=C1C(=O)OC. The molecule has 0 spiro atoms. The van der Waals surface area contributed by atoms with E-state index in [1.165, 1.54) is 21.3 Å². The summed E-state index contributed by atoms with van der Waals surface area (Å²) in [6.07, 6.45) is 0.105. The van der Waals surface area contributed by atoms with Gasteiger partial charge in [-0.2, -0.15) is 0 Å². The number of benzene rings is 1. The first-order valence-electron chi connectivity index (χ1n) is 9.52. The summed E-state index contributed by atoms with van der Waals surface area (Å²) in [6.45, 7) is 1.95. The summed E-state index contributed by atoms with van der Waals surface area (Å²) in [6, 6.07) is 7.32. The molecule has 0 saturated heterocycles. The summed E-state index contributed by atoms with van der Waals surface area (Å²) in [5, 5.41) is 0. The fourth-order valence-corrected chi connectivity index (χ4v) is 3.66. The van der Waals surface area contributed by atoms with Gasteiger partial charge in [0.1, 0.15) is 5.75 Å². The molecule has 8 nitrogen and oxygen atoms in total. The van der Waals surface area contributed by atoms with Gasteiger partial charge in [0.15, 0.2) is 0 Å². The molecule has 0 unspecified atom stereocenters. The van der Waals surface area contributed by atoms with Gasteiger partial charge < -0.3 is 23.7 Å². The Balaban J connectivity index is 2.40. The second-order valence-electron chi connectivity index (χ2n) is 7.27. The van der Waals surface area contributed by atoms with E-state index in [9.17, 15) is 14.4 Å². The largest absolute Gasteiger partial charge is 0.497 e. The number of hydrogen-bond acceptors (Lipinski definition) is 8. The third-order valence-electron chi connectivity index (χ3n) is 5.32. The molecule has 1 aromatic carbocycles. The molecule has 0 bridgehead atoms. The van der Waals surface area contributed by atoms with Crippen LogP contribution in [0.3, 0.4) is 0 Å². The Labute approximate surface area is 176 Å². The topological polar surface area (TPSA) is 97.4 Å². The molecule has 1 aromatic rings. The minimum atomic E-state index is -0.941. The number of esters is 3. The van der Waals surface area contributed by atoms with E-state index in [2.05, 4.69) is 0 Å². The van der Waals surface area contributed by atoms with E-state index in [0.717, 1.165) is 11.3 Å². The van der Waals surface area contributed by atoms with Crippen molar-refractivity contribution in [3.63, 3.8) is 0 Å². The van der Waals surface area contributed by atoms with Crippen molar-refractivity contribution >= 4 is 17.9 Å². The first kappa shape index (κ1) is 23.4. The Hall–Kier alpha value is -2.87. The van der Waals surface area contributed by atoms with Gasteiger partial charge in [0.25, 0.3) is 0 Å². The van der Waals surface area contributed by atoms with Gasteiger partial charge in [-0.05, 0) is 30.5 Å². The highest BCUT2D eigenvalue weighted by Crippen LogP contribution is 2.45. The van der Waals surface area contributed by atoms with Crippen molar-refractivity contribution in [3.8, 4) is 5.75 Å². The lowest BCUT2D eigenvalue weighted by Crippen LogP contribution is -2.40. The fraction of sp³-hybridized carbons (Fsp3) is 0.500. The lowest BCUT2D eigenvalue weighted by molar-refractivity contribution is -0.146. The van der Waals surface area contributed by atoms with Gasteiger partial charge in [0.05, 0.1) is 58.7 Å². The molecule has 0 radical (unpaired) electrons. The van der Waals surface area contributed by atoms with Crippen molar-refractivity contribution in [1.29, 1.82) is 0 Å². The number of methoxy groups -OCH3 is 4. The van der Waals surface area contributed by atoms with Crippen molar-refractivity contribution < 1.29 is 38.1 Å². The van der Waals surface area contributed by atoms with Crippen LogP contribution in [0.15, 0.2) is 35.4 Å². The number of ether oxygens (including phenoxy) is 5. The smallest absolute Gasteiger partial charge is 0.336 e. The van der Waals surface area contributed by atoms with Crippen LogP contribution in [0.4, 0.5) is 0 Å². The lowest BCUT2D eigenvalue weighted by Gasteiger charge is -2.38.